The largest absolute Gasteiger partial charge is 0.457 e. The molecule has 2 aromatic carbocycles. The molecule has 206 valence electrons. The molecule has 5 rings (SSSR count). The van der Waals surface area contributed by atoms with Gasteiger partial charge in [0.1, 0.15) is 17.5 Å². The Hall–Kier alpha value is -4.66. The molecule has 2 N–H and O–H groups in total. The first-order valence-corrected chi connectivity index (χ1v) is 13.5. The number of carbonyl (C=O) groups is 3. The van der Waals surface area contributed by atoms with Crippen molar-refractivity contribution >= 4 is 17.8 Å². The molecule has 0 radical (unpaired) electrons. The fraction of sp³-hybridized carbons (Fsp3) is 0.290. The minimum Gasteiger partial charge on any atom is -0.457 e. The van der Waals surface area contributed by atoms with E-state index in [1.807, 2.05) is 87.5 Å². The molecule has 9 heteroatoms. The summed E-state index contributed by atoms with van der Waals surface area (Å²) in [4.78, 5) is 47.9. The summed E-state index contributed by atoms with van der Waals surface area (Å²) in [6.45, 7) is 6.62. The molecule has 2 aliphatic heterocycles. The molecular weight excluding hydrogens is 506 g/mol. The second-order valence-corrected chi connectivity index (χ2v) is 10.2. The molecule has 0 saturated carbocycles. The lowest BCUT2D eigenvalue weighted by atomic mass is 9.95. The summed E-state index contributed by atoms with van der Waals surface area (Å²) in [7, 11) is 0. The zero-order valence-corrected chi connectivity index (χ0v) is 22.8. The molecule has 4 amide bonds. The van der Waals surface area contributed by atoms with E-state index in [-0.39, 0.29) is 30.3 Å². The first-order valence-electron chi connectivity index (χ1n) is 13.5. The van der Waals surface area contributed by atoms with Gasteiger partial charge in [-0.2, -0.15) is 0 Å². The predicted molar refractivity (Wildman–Crippen MR) is 150 cm³/mol. The van der Waals surface area contributed by atoms with Crippen LogP contribution in [0.2, 0.25) is 0 Å². The molecule has 0 saturated heterocycles. The van der Waals surface area contributed by atoms with Crippen LogP contribution in [0.5, 0.6) is 11.5 Å². The summed E-state index contributed by atoms with van der Waals surface area (Å²) >= 11 is 0. The van der Waals surface area contributed by atoms with Crippen LogP contribution in [0.4, 0.5) is 4.79 Å². The molecule has 0 spiro atoms. The monoisotopic (exact) mass is 539 g/mol. The maximum absolute atomic E-state index is 14.1. The Morgan fingerprint density at radius 3 is 2.48 bits per heavy atom. The van der Waals surface area contributed by atoms with Crippen molar-refractivity contribution < 1.29 is 19.1 Å². The molecule has 2 aliphatic rings. The van der Waals surface area contributed by atoms with Crippen molar-refractivity contribution in [3.05, 3.63) is 102 Å². The number of benzene rings is 2. The van der Waals surface area contributed by atoms with E-state index in [0.29, 0.717) is 35.9 Å². The fourth-order valence-corrected chi connectivity index (χ4v) is 5.30. The van der Waals surface area contributed by atoms with Crippen LogP contribution < -0.4 is 15.4 Å². The first-order chi connectivity index (χ1) is 19.4. The van der Waals surface area contributed by atoms with E-state index in [1.165, 1.54) is 0 Å². The number of hydrogen-bond donors (Lipinski definition) is 2. The van der Waals surface area contributed by atoms with Crippen LogP contribution in [-0.2, 0) is 16.1 Å². The molecule has 0 bridgehead atoms. The van der Waals surface area contributed by atoms with Gasteiger partial charge in [0, 0.05) is 25.5 Å². The summed E-state index contributed by atoms with van der Waals surface area (Å²) in [6.07, 6.45) is 3.35. The Kier molecular flexibility index (Phi) is 7.82. The van der Waals surface area contributed by atoms with Crippen molar-refractivity contribution in [2.75, 3.05) is 13.1 Å². The second kappa shape index (κ2) is 11.6. The zero-order valence-electron chi connectivity index (χ0n) is 22.8. The number of hydrogen-bond acceptors (Lipinski definition) is 5. The number of pyridine rings is 1. The highest BCUT2D eigenvalue weighted by atomic mass is 16.5. The van der Waals surface area contributed by atoms with Crippen LogP contribution in [0, 0.1) is 5.92 Å². The second-order valence-electron chi connectivity index (χ2n) is 10.2. The molecule has 2 atom stereocenters. The first kappa shape index (κ1) is 26.9. The Morgan fingerprint density at radius 2 is 1.77 bits per heavy atom. The number of carbonyl (C=O) groups excluding carboxylic acids is 3. The van der Waals surface area contributed by atoms with Crippen molar-refractivity contribution in [1.82, 2.24) is 25.4 Å². The van der Waals surface area contributed by atoms with Gasteiger partial charge in [0.15, 0.2) is 0 Å². The molecule has 40 heavy (non-hydrogen) atoms. The lowest BCUT2D eigenvalue weighted by molar-refractivity contribution is -0.138. The molecule has 1 aromatic heterocycles. The Morgan fingerprint density at radius 1 is 1.05 bits per heavy atom. The number of nitrogens with one attached hydrogen (secondary N) is 2. The van der Waals surface area contributed by atoms with Gasteiger partial charge in [-0.3, -0.25) is 19.5 Å². The summed E-state index contributed by atoms with van der Waals surface area (Å²) in [6, 6.07) is 18.8. The number of likely N-dealkylation sites (N-methyl/N-ethyl adjacent to an activating group) is 1. The van der Waals surface area contributed by atoms with Crippen molar-refractivity contribution in [1.29, 1.82) is 0 Å². The van der Waals surface area contributed by atoms with E-state index in [2.05, 4.69) is 15.6 Å². The van der Waals surface area contributed by atoms with Crippen LogP contribution in [0.1, 0.15) is 37.9 Å². The average Bonchev–Trinajstić information content (AvgIpc) is 3.28. The number of amides is 4. The Balaban J connectivity index is 1.43. The van der Waals surface area contributed by atoms with Gasteiger partial charge in [0.25, 0.3) is 5.91 Å². The van der Waals surface area contributed by atoms with Crippen molar-refractivity contribution in [3.63, 3.8) is 0 Å². The minimum absolute atomic E-state index is 0.150. The van der Waals surface area contributed by atoms with Crippen LogP contribution in [0.3, 0.4) is 0 Å². The molecule has 0 aliphatic carbocycles. The van der Waals surface area contributed by atoms with Gasteiger partial charge in [-0.1, -0.05) is 44.2 Å². The third kappa shape index (κ3) is 5.40. The minimum atomic E-state index is -0.706. The third-order valence-corrected chi connectivity index (χ3v) is 7.19. The van der Waals surface area contributed by atoms with E-state index in [4.69, 9.17) is 4.74 Å². The van der Waals surface area contributed by atoms with E-state index < -0.39 is 12.1 Å². The number of aromatic nitrogens is 1. The van der Waals surface area contributed by atoms with E-state index in [9.17, 15) is 14.4 Å². The molecular formula is C31H33N5O4. The summed E-state index contributed by atoms with van der Waals surface area (Å²) < 4.78 is 6.01. The highest BCUT2D eigenvalue weighted by Crippen LogP contribution is 2.39. The average molecular weight is 540 g/mol. The van der Waals surface area contributed by atoms with Crippen LogP contribution in [0.25, 0.3) is 0 Å². The summed E-state index contributed by atoms with van der Waals surface area (Å²) in [5.74, 6) is 0.631. The van der Waals surface area contributed by atoms with Crippen LogP contribution >= 0.6 is 0 Å². The Labute approximate surface area is 233 Å². The normalized spacial score (nSPS) is 17.6. The fourth-order valence-electron chi connectivity index (χ4n) is 5.30. The molecule has 3 heterocycles. The number of urea groups is 1. The smallest absolute Gasteiger partial charge is 0.322 e. The van der Waals surface area contributed by atoms with Crippen molar-refractivity contribution in [2.45, 2.75) is 39.4 Å². The summed E-state index contributed by atoms with van der Waals surface area (Å²) in [5.41, 5.74) is 2.75. The van der Waals surface area contributed by atoms with Gasteiger partial charge in [0.2, 0.25) is 5.91 Å². The number of para-hydroxylation sites is 1. The molecule has 3 aromatic rings. The highest BCUT2D eigenvalue weighted by Gasteiger charge is 2.47. The van der Waals surface area contributed by atoms with Gasteiger partial charge >= 0.3 is 6.03 Å². The zero-order chi connectivity index (χ0) is 28.2. The topological polar surface area (TPSA) is 104 Å². The third-order valence-electron chi connectivity index (χ3n) is 7.19. The molecule has 9 nitrogen and oxygen atoms in total. The lowest BCUT2D eigenvalue weighted by Gasteiger charge is -2.33. The van der Waals surface area contributed by atoms with Gasteiger partial charge < -0.3 is 20.3 Å². The van der Waals surface area contributed by atoms with Gasteiger partial charge in [-0.25, -0.2) is 4.79 Å². The highest BCUT2D eigenvalue weighted by molar-refractivity contribution is 6.03. The number of rotatable bonds is 9. The van der Waals surface area contributed by atoms with E-state index in [1.54, 1.807) is 22.2 Å². The number of ether oxygens (including phenoxy) is 1. The Bertz CT molecular complexity index is 1420. The maximum atomic E-state index is 14.1. The van der Waals surface area contributed by atoms with Gasteiger partial charge in [0.05, 0.1) is 23.9 Å². The van der Waals surface area contributed by atoms with Gasteiger partial charge in [-0.05, 0) is 60.4 Å². The molecule has 0 fully saturated rings. The van der Waals surface area contributed by atoms with E-state index in [0.717, 1.165) is 11.1 Å². The quantitative estimate of drug-likeness (QED) is 0.420. The van der Waals surface area contributed by atoms with Crippen molar-refractivity contribution in [2.24, 2.45) is 5.92 Å². The maximum Gasteiger partial charge on any atom is 0.322 e. The van der Waals surface area contributed by atoms with Crippen LogP contribution in [0.15, 0.2) is 90.4 Å². The number of nitrogens with zero attached hydrogens (tertiary/aromatic N) is 3. The molecule has 2 unspecified atom stereocenters. The van der Waals surface area contributed by atoms with E-state index >= 15 is 0 Å². The van der Waals surface area contributed by atoms with Gasteiger partial charge in [-0.15, -0.1) is 0 Å². The SMILES string of the molecule is CCN1C(=O)NC(c2cccc(Oc3ccccc3)c2)C2=C1CN(C(C(=O)NCc1ccncc1)C(C)C)C2=O. The predicted octanol–water partition coefficient (Wildman–Crippen LogP) is 4.40. The van der Waals surface area contributed by atoms with Crippen molar-refractivity contribution in [3.8, 4) is 11.5 Å². The summed E-state index contributed by atoms with van der Waals surface area (Å²) in [5, 5.41) is 5.99. The van der Waals surface area contributed by atoms with Crippen LogP contribution in [-0.4, -0.2) is 51.8 Å². The lowest BCUT2D eigenvalue weighted by Crippen LogP contribution is -2.51. The standard InChI is InChI=1S/C31H33N5O4/c1-4-35-25-19-36(28(20(2)3)29(37)33-18-21-13-15-32-16-14-21)30(38)26(25)27(34-31(35)39)22-9-8-12-24(17-22)40-23-10-6-5-7-11-23/h5-17,20,27-28H,4,18-19H2,1-3H3,(H,33,37)(H,34,39).